The molecule has 0 unspecified atom stereocenters. The number of hydrogen-bond donors (Lipinski definition) is 0. The van der Waals surface area contributed by atoms with Crippen LogP contribution in [0.2, 0.25) is 0 Å². The predicted octanol–water partition coefficient (Wildman–Crippen LogP) is 2.13. The first kappa shape index (κ1) is 17.6. The van der Waals surface area contributed by atoms with Crippen LogP contribution >= 0.6 is 0 Å². The van der Waals surface area contributed by atoms with Crippen molar-refractivity contribution in [2.75, 3.05) is 13.1 Å². The summed E-state index contributed by atoms with van der Waals surface area (Å²) in [6.07, 6.45) is 1.39. The first-order valence-corrected chi connectivity index (χ1v) is 8.51. The molecule has 3 rings (SSSR count). The summed E-state index contributed by atoms with van der Waals surface area (Å²) in [5.41, 5.74) is 2.90. The zero-order valence-corrected chi connectivity index (χ0v) is 14.8. The number of aryl methyl sites for hydroxylation is 1. The van der Waals surface area contributed by atoms with E-state index in [1.807, 2.05) is 37.3 Å². The normalized spacial score (nSPS) is 17.1. The fourth-order valence-electron chi connectivity index (χ4n) is 3.03. The molecular weight excluding hydrogens is 328 g/mol. The molecule has 0 saturated carbocycles. The number of hydrogen-bond acceptors (Lipinski definition) is 4. The molecule has 0 N–H and O–H groups in total. The zero-order chi connectivity index (χ0) is 18.7. The molecule has 2 heterocycles. The number of carbonyl (C=O) groups excluding carboxylic acids is 2. The van der Waals surface area contributed by atoms with Crippen LogP contribution < -0.4 is 0 Å². The van der Waals surface area contributed by atoms with Crippen LogP contribution in [0, 0.1) is 18.3 Å². The highest BCUT2D eigenvalue weighted by Gasteiger charge is 2.34. The minimum atomic E-state index is -0.530. The van der Waals surface area contributed by atoms with E-state index in [2.05, 4.69) is 4.98 Å². The van der Waals surface area contributed by atoms with E-state index in [0.29, 0.717) is 25.2 Å². The van der Waals surface area contributed by atoms with E-state index < -0.39 is 6.04 Å². The quantitative estimate of drug-likeness (QED) is 0.851. The Kier molecular flexibility index (Phi) is 4.99. The van der Waals surface area contributed by atoms with Gasteiger partial charge < -0.3 is 9.80 Å². The monoisotopic (exact) mass is 348 g/mol. The van der Waals surface area contributed by atoms with Crippen LogP contribution in [0.1, 0.15) is 34.1 Å². The molecular formula is C20H20N4O2. The molecule has 1 aliphatic heterocycles. The van der Waals surface area contributed by atoms with Crippen LogP contribution in [-0.2, 0) is 11.3 Å². The van der Waals surface area contributed by atoms with Crippen molar-refractivity contribution in [3.8, 4) is 6.07 Å². The summed E-state index contributed by atoms with van der Waals surface area (Å²) in [7, 11) is 0. The third kappa shape index (κ3) is 3.57. The Morgan fingerprint density at radius 3 is 2.58 bits per heavy atom. The molecule has 1 atom stereocenters. The highest BCUT2D eigenvalue weighted by Crippen LogP contribution is 2.17. The summed E-state index contributed by atoms with van der Waals surface area (Å²) >= 11 is 0. The van der Waals surface area contributed by atoms with Gasteiger partial charge in [0.25, 0.3) is 5.91 Å². The maximum Gasteiger partial charge on any atom is 0.256 e. The fourth-order valence-corrected chi connectivity index (χ4v) is 3.03. The van der Waals surface area contributed by atoms with Gasteiger partial charge in [0, 0.05) is 25.8 Å². The average Bonchev–Trinajstić information content (AvgIpc) is 2.67. The van der Waals surface area contributed by atoms with Gasteiger partial charge in [0.2, 0.25) is 5.91 Å². The van der Waals surface area contributed by atoms with Gasteiger partial charge >= 0.3 is 0 Å². The van der Waals surface area contributed by atoms with Gasteiger partial charge in [0.15, 0.2) is 0 Å². The second kappa shape index (κ2) is 7.36. The summed E-state index contributed by atoms with van der Waals surface area (Å²) in [6, 6.07) is 12.6. The lowest BCUT2D eigenvalue weighted by molar-refractivity contribution is -0.140. The summed E-state index contributed by atoms with van der Waals surface area (Å²) in [5, 5.41) is 8.80. The van der Waals surface area contributed by atoms with Crippen LogP contribution in [0.15, 0.2) is 42.6 Å². The fraction of sp³-hybridized carbons (Fsp3) is 0.300. The van der Waals surface area contributed by atoms with E-state index in [4.69, 9.17) is 5.26 Å². The lowest BCUT2D eigenvalue weighted by Crippen LogP contribution is -2.57. The number of nitriles is 1. The summed E-state index contributed by atoms with van der Waals surface area (Å²) in [5.74, 6) is -0.301. The Balaban J connectivity index is 1.69. The molecule has 0 spiro atoms. The van der Waals surface area contributed by atoms with Crippen molar-refractivity contribution in [2.45, 2.75) is 26.4 Å². The van der Waals surface area contributed by atoms with Gasteiger partial charge in [-0.15, -0.1) is 0 Å². The molecule has 132 valence electrons. The Labute approximate surface area is 152 Å². The molecule has 1 saturated heterocycles. The van der Waals surface area contributed by atoms with Gasteiger partial charge in [-0.25, -0.2) is 4.98 Å². The topological polar surface area (TPSA) is 77.3 Å². The lowest BCUT2D eigenvalue weighted by Gasteiger charge is -2.39. The maximum atomic E-state index is 12.7. The molecule has 0 bridgehead atoms. The van der Waals surface area contributed by atoms with E-state index >= 15 is 0 Å². The Bertz CT molecular complexity index is 853. The number of amides is 2. The van der Waals surface area contributed by atoms with Crippen LogP contribution in [0.4, 0.5) is 0 Å². The maximum absolute atomic E-state index is 12.7. The summed E-state index contributed by atoms with van der Waals surface area (Å²) < 4.78 is 0. The lowest BCUT2D eigenvalue weighted by atomic mass is 10.1. The van der Waals surface area contributed by atoms with Crippen molar-refractivity contribution in [3.63, 3.8) is 0 Å². The zero-order valence-electron chi connectivity index (χ0n) is 14.8. The third-order valence-corrected chi connectivity index (χ3v) is 4.63. The van der Waals surface area contributed by atoms with Crippen LogP contribution in [-0.4, -0.2) is 45.7 Å². The minimum absolute atomic E-state index is 0.0632. The largest absolute Gasteiger partial charge is 0.335 e. The van der Waals surface area contributed by atoms with E-state index in [1.54, 1.807) is 22.8 Å². The molecule has 6 heteroatoms. The molecule has 6 nitrogen and oxygen atoms in total. The Morgan fingerprint density at radius 2 is 1.96 bits per heavy atom. The number of benzene rings is 1. The number of aromatic nitrogens is 1. The van der Waals surface area contributed by atoms with Gasteiger partial charge in [-0.1, -0.05) is 29.8 Å². The van der Waals surface area contributed by atoms with Gasteiger partial charge in [0.05, 0.1) is 5.56 Å². The van der Waals surface area contributed by atoms with Gasteiger partial charge in [-0.2, -0.15) is 5.26 Å². The van der Waals surface area contributed by atoms with E-state index in [9.17, 15) is 9.59 Å². The molecule has 2 aromatic rings. The van der Waals surface area contributed by atoms with Crippen LogP contribution in [0.25, 0.3) is 0 Å². The minimum Gasteiger partial charge on any atom is -0.335 e. The van der Waals surface area contributed by atoms with Crippen molar-refractivity contribution < 1.29 is 9.59 Å². The van der Waals surface area contributed by atoms with Crippen molar-refractivity contribution in [1.29, 1.82) is 5.26 Å². The average molecular weight is 348 g/mol. The molecule has 1 aromatic carbocycles. The standard InChI is InChI=1S/C20H20N4O2/c1-14-3-5-16(6-4-14)13-23-9-10-24(15(2)19(23)25)20(26)17-7-8-18(11-21)22-12-17/h3-8,12,15H,9-10,13H2,1-2H3/t15-/m0/s1. The first-order chi connectivity index (χ1) is 12.5. The number of rotatable bonds is 3. The molecule has 0 aliphatic carbocycles. The van der Waals surface area contributed by atoms with Crippen molar-refractivity contribution in [2.24, 2.45) is 0 Å². The second-order valence-corrected chi connectivity index (χ2v) is 6.46. The molecule has 1 aromatic heterocycles. The van der Waals surface area contributed by atoms with E-state index in [-0.39, 0.29) is 17.5 Å². The van der Waals surface area contributed by atoms with Gasteiger partial charge in [-0.3, -0.25) is 9.59 Å². The molecule has 2 amide bonds. The smallest absolute Gasteiger partial charge is 0.256 e. The van der Waals surface area contributed by atoms with Crippen molar-refractivity contribution >= 4 is 11.8 Å². The van der Waals surface area contributed by atoms with Crippen molar-refractivity contribution in [1.82, 2.24) is 14.8 Å². The highest BCUT2D eigenvalue weighted by atomic mass is 16.2. The first-order valence-electron chi connectivity index (χ1n) is 8.51. The Morgan fingerprint density at radius 1 is 1.23 bits per heavy atom. The van der Waals surface area contributed by atoms with E-state index in [0.717, 1.165) is 5.56 Å². The number of piperazine rings is 1. The van der Waals surface area contributed by atoms with Gasteiger partial charge in [-0.05, 0) is 31.5 Å². The number of carbonyl (C=O) groups is 2. The highest BCUT2D eigenvalue weighted by molar-refractivity contribution is 5.97. The molecule has 26 heavy (non-hydrogen) atoms. The summed E-state index contributed by atoms with van der Waals surface area (Å²) in [4.78, 5) is 32.7. The third-order valence-electron chi connectivity index (χ3n) is 4.63. The molecule has 1 fully saturated rings. The number of pyridine rings is 1. The van der Waals surface area contributed by atoms with Crippen LogP contribution in [0.3, 0.4) is 0 Å². The molecule has 1 aliphatic rings. The van der Waals surface area contributed by atoms with Crippen molar-refractivity contribution in [3.05, 3.63) is 65.0 Å². The number of nitrogens with zero attached hydrogens (tertiary/aromatic N) is 4. The van der Waals surface area contributed by atoms with Gasteiger partial charge in [0.1, 0.15) is 17.8 Å². The van der Waals surface area contributed by atoms with E-state index in [1.165, 1.54) is 17.8 Å². The Hall–Kier alpha value is -3.20. The molecule has 0 radical (unpaired) electrons. The summed E-state index contributed by atoms with van der Waals surface area (Å²) in [6.45, 7) is 5.28. The SMILES string of the molecule is Cc1ccc(CN2CCN(C(=O)c3ccc(C#N)nc3)[C@@H](C)C2=O)cc1. The predicted molar refractivity (Wildman–Crippen MR) is 96.0 cm³/mol. The second-order valence-electron chi connectivity index (χ2n) is 6.46. The van der Waals surface area contributed by atoms with Crippen LogP contribution in [0.5, 0.6) is 0 Å².